The van der Waals surface area contributed by atoms with Gasteiger partial charge in [-0.25, -0.2) is 0 Å². The van der Waals surface area contributed by atoms with E-state index in [1.165, 1.54) is 25.7 Å². The number of aromatic nitrogens is 1. The van der Waals surface area contributed by atoms with Gasteiger partial charge in [-0.05, 0) is 43.7 Å². The highest BCUT2D eigenvalue weighted by Gasteiger charge is 2.28. The number of nitrogens with zero attached hydrogens (tertiary/aromatic N) is 2. The minimum absolute atomic E-state index is 0.154. The highest BCUT2D eigenvalue weighted by molar-refractivity contribution is 5.76. The van der Waals surface area contributed by atoms with Crippen LogP contribution in [0.1, 0.15) is 89.2 Å². The first kappa shape index (κ1) is 19.9. The molecule has 1 aromatic heterocycles. The van der Waals surface area contributed by atoms with Crippen molar-refractivity contribution in [1.82, 2.24) is 9.88 Å². The first-order valence-electron chi connectivity index (χ1n) is 10.1. The molecule has 0 saturated carbocycles. The predicted molar refractivity (Wildman–Crippen MR) is 101 cm³/mol. The summed E-state index contributed by atoms with van der Waals surface area (Å²) in [5, 5.41) is 10.2. The number of pyridine rings is 1. The molecule has 1 saturated heterocycles. The van der Waals surface area contributed by atoms with Gasteiger partial charge in [0, 0.05) is 25.4 Å². The van der Waals surface area contributed by atoms with Crippen molar-refractivity contribution in [3.63, 3.8) is 0 Å². The van der Waals surface area contributed by atoms with Crippen LogP contribution in [0, 0.1) is 0 Å². The van der Waals surface area contributed by atoms with Gasteiger partial charge in [0.05, 0.1) is 12.1 Å². The standard InChI is InChI=1S/C21H34N2O2/c1-2-3-4-5-6-11-19(24)13-14-21(25)23-16-8-7-12-20(23)18-10-9-15-22-17-18/h9-10,15,17,19-20,24H,2-8,11-14,16H2,1H3. The fourth-order valence-electron chi connectivity index (χ4n) is 3.71. The van der Waals surface area contributed by atoms with Crippen LogP contribution in [0.2, 0.25) is 0 Å². The number of amides is 1. The summed E-state index contributed by atoms with van der Waals surface area (Å²) in [6.45, 7) is 3.03. The number of hydrogen-bond donors (Lipinski definition) is 1. The summed E-state index contributed by atoms with van der Waals surface area (Å²) in [7, 11) is 0. The zero-order valence-corrected chi connectivity index (χ0v) is 15.7. The summed E-state index contributed by atoms with van der Waals surface area (Å²) in [4.78, 5) is 18.9. The maximum absolute atomic E-state index is 12.7. The van der Waals surface area contributed by atoms with Gasteiger partial charge in [0.25, 0.3) is 0 Å². The third-order valence-electron chi connectivity index (χ3n) is 5.22. The van der Waals surface area contributed by atoms with Gasteiger partial charge in [0.2, 0.25) is 5.91 Å². The summed E-state index contributed by atoms with van der Waals surface area (Å²) in [6.07, 6.45) is 14.4. The molecule has 4 nitrogen and oxygen atoms in total. The summed E-state index contributed by atoms with van der Waals surface area (Å²) in [6, 6.07) is 4.16. The molecule has 2 rings (SSSR count). The minimum atomic E-state index is -0.341. The summed E-state index contributed by atoms with van der Waals surface area (Å²) < 4.78 is 0. The Hall–Kier alpha value is -1.42. The molecule has 25 heavy (non-hydrogen) atoms. The summed E-state index contributed by atoms with van der Waals surface area (Å²) in [5.41, 5.74) is 1.13. The largest absolute Gasteiger partial charge is 0.393 e. The Morgan fingerprint density at radius 1 is 1.28 bits per heavy atom. The van der Waals surface area contributed by atoms with Crippen LogP contribution in [0.25, 0.3) is 0 Å². The number of aliphatic hydroxyl groups excluding tert-OH is 1. The highest BCUT2D eigenvalue weighted by Crippen LogP contribution is 2.31. The van der Waals surface area contributed by atoms with E-state index < -0.39 is 0 Å². The Bertz CT molecular complexity index is 492. The van der Waals surface area contributed by atoms with E-state index in [0.717, 1.165) is 44.2 Å². The van der Waals surface area contributed by atoms with Gasteiger partial charge in [-0.3, -0.25) is 9.78 Å². The molecule has 2 atom stereocenters. The Kier molecular flexibility index (Phi) is 8.95. The second-order valence-electron chi connectivity index (χ2n) is 7.28. The monoisotopic (exact) mass is 346 g/mol. The van der Waals surface area contributed by atoms with Crippen molar-refractivity contribution in [1.29, 1.82) is 0 Å². The molecule has 0 bridgehead atoms. The quantitative estimate of drug-likeness (QED) is 0.628. The second-order valence-corrected chi connectivity index (χ2v) is 7.28. The molecule has 1 aliphatic heterocycles. The fourth-order valence-corrected chi connectivity index (χ4v) is 3.71. The van der Waals surface area contributed by atoms with Crippen molar-refractivity contribution >= 4 is 5.91 Å². The second kappa shape index (κ2) is 11.2. The number of hydrogen-bond acceptors (Lipinski definition) is 3. The van der Waals surface area contributed by atoms with Crippen molar-refractivity contribution in [2.24, 2.45) is 0 Å². The molecule has 1 amide bonds. The third kappa shape index (κ3) is 6.77. The smallest absolute Gasteiger partial charge is 0.223 e. The van der Waals surface area contributed by atoms with Crippen LogP contribution >= 0.6 is 0 Å². The van der Waals surface area contributed by atoms with Gasteiger partial charge in [-0.15, -0.1) is 0 Å². The number of aliphatic hydroxyl groups is 1. The van der Waals surface area contributed by atoms with Crippen LogP contribution in [-0.4, -0.2) is 33.5 Å². The van der Waals surface area contributed by atoms with Gasteiger partial charge in [-0.2, -0.15) is 0 Å². The Labute approximate surface area is 152 Å². The number of unbranched alkanes of at least 4 members (excludes halogenated alkanes) is 4. The molecule has 1 aromatic rings. The maximum Gasteiger partial charge on any atom is 0.223 e. The van der Waals surface area contributed by atoms with Crippen molar-refractivity contribution in [3.05, 3.63) is 30.1 Å². The van der Waals surface area contributed by atoms with Crippen molar-refractivity contribution < 1.29 is 9.90 Å². The lowest BCUT2D eigenvalue weighted by Crippen LogP contribution is -2.38. The summed E-state index contributed by atoms with van der Waals surface area (Å²) >= 11 is 0. The Balaban J connectivity index is 1.76. The van der Waals surface area contributed by atoms with Gasteiger partial charge < -0.3 is 10.0 Å². The van der Waals surface area contributed by atoms with E-state index in [-0.39, 0.29) is 18.1 Å². The average molecular weight is 347 g/mol. The lowest BCUT2D eigenvalue weighted by molar-refractivity contribution is -0.135. The van der Waals surface area contributed by atoms with E-state index in [2.05, 4.69) is 18.0 Å². The molecule has 2 heterocycles. The van der Waals surface area contributed by atoms with E-state index >= 15 is 0 Å². The normalized spacial score (nSPS) is 19.0. The molecule has 0 aromatic carbocycles. The molecular formula is C21H34N2O2. The minimum Gasteiger partial charge on any atom is -0.393 e. The number of carbonyl (C=O) groups is 1. The van der Waals surface area contributed by atoms with Gasteiger partial charge >= 0.3 is 0 Å². The molecule has 4 heteroatoms. The number of likely N-dealkylation sites (tertiary alicyclic amines) is 1. The fraction of sp³-hybridized carbons (Fsp3) is 0.714. The molecule has 0 spiro atoms. The Morgan fingerprint density at radius 3 is 2.88 bits per heavy atom. The lowest BCUT2D eigenvalue weighted by atomic mass is 9.95. The first-order chi connectivity index (χ1) is 12.2. The zero-order valence-electron chi connectivity index (χ0n) is 15.7. The van der Waals surface area contributed by atoms with Crippen molar-refractivity contribution in [2.75, 3.05) is 6.54 Å². The average Bonchev–Trinajstić information content (AvgIpc) is 2.66. The maximum atomic E-state index is 12.7. The van der Waals surface area contributed by atoms with E-state index in [4.69, 9.17) is 0 Å². The van der Waals surface area contributed by atoms with E-state index in [1.807, 2.05) is 17.2 Å². The SMILES string of the molecule is CCCCCCCC(O)CCC(=O)N1CCCCC1c1cccnc1. The third-order valence-corrected chi connectivity index (χ3v) is 5.22. The van der Waals surface area contributed by atoms with Gasteiger partial charge in [0.15, 0.2) is 0 Å². The first-order valence-corrected chi connectivity index (χ1v) is 10.1. The molecular weight excluding hydrogens is 312 g/mol. The molecule has 2 unspecified atom stereocenters. The van der Waals surface area contributed by atoms with Crippen LogP contribution in [0.15, 0.2) is 24.5 Å². The zero-order chi connectivity index (χ0) is 17.9. The number of piperidine rings is 1. The van der Waals surface area contributed by atoms with Crippen LogP contribution in [0.4, 0.5) is 0 Å². The van der Waals surface area contributed by atoms with E-state index in [0.29, 0.717) is 12.8 Å². The molecule has 0 aliphatic carbocycles. The molecule has 1 N–H and O–H groups in total. The Morgan fingerprint density at radius 2 is 2.12 bits per heavy atom. The molecule has 0 radical (unpaired) electrons. The van der Waals surface area contributed by atoms with E-state index in [9.17, 15) is 9.90 Å². The number of rotatable bonds is 10. The van der Waals surface area contributed by atoms with Crippen molar-refractivity contribution in [2.45, 2.75) is 89.7 Å². The van der Waals surface area contributed by atoms with Crippen molar-refractivity contribution in [3.8, 4) is 0 Å². The lowest BCUT2D eigenvalue weighted by Gasteiger charge is -2.36. The van der Waals surface area contributed by atoms with E-state index in [1.54, 1.807) is 6.20 Å². The van der Waals surface area contributed by atoms with Crippen LogP contribution in [0.3, 0.4) is 0 Å². The molecule has 140 valence electrons. The van der Waals surface area contributed by atoms with Crippen LogP contribution in [-0.2, 0) is 4.79 Å². The van der Waals surface area contributed by atoms with Gasteiger partial charge in [0.1, 0.15) is 0 Å². The molecule has 1 fully saturated rings. The van der Waals surface area contributed by atoms with Gasteiger partial charge in [-0.1, -0.05) is 45.1 Å². The highest BCUT2D eigenvalue weighted by atomic mass is 16.3. The topological polar surface area (TPSA) is 53.4 Å². The summed E-state index contributed by atoms with van der Waals surface area (Å²) in [5.74, 6) is 0.179. The van der Waals surface area contributed by atoms with Crippen LogP contribution < -0.4 is 0 Å². The van der Waals surface area contributed by atoms with Crippen LogP contribution in [0.5, 0.6) is 0 Å². The number of carbonyl (C=O) groups excluding carboxylic acids is 1. The molecule has 1 aliphatic rings. The predicted octanol–water partition coefficient (Wildman–Crippen LogP) is 4.64.